The third-order valence-corrected chi connectivity index (χ3v) is 2.16. The van der Waals surface area contributed by atoms with Crippen LogP contribution in [0, 0.1) is 5.41 Å². The smallest absolute Gasteiger partial charge is 0.316 e. The zero-order chi connectivity index (χ0) is 12.8. The van der Waals surface area contributed by atoms with Crippen molar-refractivity contribution in [3.63, 3.8) is 0 Å². The van der Waals surface area contributed by atoms with Crippen LogP contribution in [0.3, 0.4) is 0 Å². The van der Waals surface area contributed by atoms with Gasteiger partial charge in [-0.2, -0.15) is 13.2 Å². The minimum absolute atomic E-state index is 0.0851. The summed E-state index contributed by atoms with van der Waals surface area (Å²) in [5.41, 5.74) is 0.0851. The maximum absolute atomic E-state index is 11.9. The average molecular weight is 240 g/mol. The van der Waals surface area contributed by atoms with Crippen LogP contribution in [-0.4, -0.2) is 44.8 Å². The van der Waals surface area contributed by atoms with Crippen molar-refractivity contribution < 1.29 is 13.2 Å². The fourth-order valence-corrected chi connectivity index (χ4v) is 1.75. The van der Waals surface area contributed by atoms with Gasteiger partial charge in [0.15, 0.2) is 0 Å². The van der Waals surface area contributed by atoms with Crippen LogP contribution in [0.1, 0.15) is 26.7 Å². The van der Waals surface area contributed by atoms with Crippen LogP contribution < -0.4 is 5.32 Å². The molecule has 1 N–H and O–H groups in total. The lowest BCUT2D eigenvalue weighted by molar-refractivity contribution is -0.135. The van der Waals surface area contributed by atoms with Gasteiger partial charge < -0.3 is 10.2 Å². The number of halogens is 3. The summed E-state index contributed by atoms with van der Waals surface area (Å²) >= 11 is 0. The predicted octanol–water partition coefficient (Wildman–Crippen LogP) is 2.51. The van der Waals surface area contributed by atoms with Gasteiger partial charge in [0.25, 0.3) is 0 Å². The van der Waals surface area contributed by atoms with E-state index < -0.39 is 12.6 Å². The third-order valence-electron chi connectivity index (χ3n) is 2.16. The van der Waals surface area contributed by atoms with Crippen LogP contribution in [0.15, 0.2) is 0 Å². The predicted molar refractivity (Wildman–Crippen MR) is 60.5 cm³/mol. The first-order valence-electron chi connectivity index (χ1n) is 5.55. The fourth-order valence-electron chi connectivity index (χ4n) is 1.75. The van der Waals surface area contributed by atoms with E-state index in [2.05, 4.69) is 24.1 Å². The fraction of sp³-hybridized carbons (Fsp3) is 1.00. The van der Waals surface area contributed by atoms with E-state index in [0.29, 0.717) is 6.54 Å². The molecule has 0 saturated heterocycles. The van der Waals surface area contributed by atoms with Crippen LogP contribution in [0.5, 0.6) is 0 Å². The summed E-state index contributed by atoms with van der Waals surface area (Å²) in [5, 5.41) is 3.08. The molecule has 0 aromatic carbocycles. The standard InChI is InChI=1S/C11H23F3N2/c1-10(2,9-16(3)4)8-15-7-5-6-11(12,13)14/h15H,5-9H2,1-4H3. The number of rotatable bonds is 7. The zero-order valence-electron chi connectivity index (χ0n) is 10.6. The maximum Gasteiger partial charge on any atom is 0.389 e. The Kier molecular flexibility index (Phi) is 6.33. The third kappa shape index (κ3) is 10.2. The van der Waals surface area contributed by atoms with Gasteiger partial charge >= 0.3 is 6.18 Å². The highest BCUT2D eigenvalue weighted by Crippen LogP contribution is 2.21. The van der Waals surface area contributed by atoms with Gasteiger partial charge in [-0.15, -0.1) is 0 Å². The Morgan fingerprint density at radius 1 is 1.12 bits per heavy atom. The Morgan fingerprint density at radius 3 is 2.12 bits per heavy atom. The van der Waals surface area contributed by atoms with Crippen molar-refractivity contribution in [2.24, 2.45) is 5.41 Å². The monoisotopic (exact) mass is 240 g/mol. The quantitative estimate of drug-likeness (QED) is 0.688. The second-order valence-corrected chi connectivity index (χ2v) is 5.30. The molecule has 0 atom stereocenters. The molecule has 0 unspecified atom stereocenters. The average Bonchev–Trinajstić information content (AvgIpc) is 1.98. The van der Waals surface area contributed by atoms with Gasteiger partial charge in [-0.05, 0) is 32.5 Å². The second-order valence-electron chi connectivity index (χ2n) is 5.30. The molecule has 0 amide bonds. The van der Waals surface area contributed by atoms with Gasteiger partial charge in [0.05, 0.1) is 0 Å². The molecule has 0 radical (unpaired) electrons. The van der Waals surface area contributed by atoms with Gasteiger partial charge in [-0.1, -0.05) is 13.8 Å². The molecule has 0 rings (SSSR count). The van der Waals surface area contributed by atoms with Crippen molar-refractivity contribution >= 4 is 0 Å². The van der Waals surface area contributed by atoms with Crippen molar-refractivity contribution in [3.05, 3.63) is 0 Å². The number of hydrogen-bond acceptors (Lipinski definition) is 2. The first-order valence-corrected chi connectivity index (χ1v) is 5.55. The van der Waals surface area contributed by atoms with Gasteiger partial charge in [0.1, 0.15) is 0 Å². The van der Waals surface area contributed by atoms with Crippen molar-refractivity contribution in [2.75, 3.05) is 33.7 Å². The van der Waals surface area contributed by atoms with E-state index in [9.17, 15) is 13.2 Å². The van der Waals surface area contributed by atoms with E-state index in [1.54, 1.807) is 0 Å². The normalized spacial score (nSPS) is 13.5. The van der Waals surface area contributed by atoms with Crippen LogP contribution in [0.2, 0.25) is 0 Å². The summed E-state index contributed by atoms with van der Waals surface area (Å²) in [6, 6.07) is 0. The molecule has 0 aliphatic heterocycles. The van der Waals surface area contributed by atoms with Crippen molar-refractivity contribution in [3.8, 4) is 0 Å². The molecule has 0 aromatic rings. The summed E-state index contributed by atoms with van der Waals surface area (Å²) in [4.78, 5) is 2.08. The minimum atomic E-state index is -4.03. The molecule has 0 aliphatic rings. The Balaban J connectivity index is 3.58. The van der Waals surface area contributed by atoms with E-state index in [4.69, 9.17) is 0 Å². The number of nitrogens with one attached hydrogen (secondary N) is 1. The van der Waals surface area contributed by atoms with Gasteiger partial charge in [-0.25, -0.2) is 0 Å². The maximum atomic E-state index is 11.9. The Labute approximate surface area is 96.2 Å². The van der Waals surface area contributed by atoms with Gasteiger partial charge in [-0.3, -0.25) is 0 Å². The van der Waals surface area contributed by atoms with Crippen molar-refractivity contribution in [1.29, 1.82) is 0 Å². The molecular weight excluding hydrogens is 217 g/mol. The largest absolute Gasteiger partial charge is 0.389 e. The molecule has 0 aromatic heterocycles. The van der Waals surface area contributed by atoms with Crippen LogP contribution >= 0.6 is 0 Å². The summed E-state index contributed by atoms with van der Waals surface area (Å²) in [7, 11) is 3.98. The van der Waals surface area contributed by atoms with Crippen LogP contribution in [0.25, 0.3) is 0 Å². The van der Waals surface area contributed by atoms with E-state index in [0.717, 1.165) is 13.1 Å². The van der Waals surface area contributed by atoms with E-state index in [1.165, 1.54) is 0 Å². The molecule has 0 spiro atoms. The summed E-state index contributed by atoms with van der Waals surface area (Å²) in [5.74, 6) is 0. The first-order chi connectivity index (χ1) is 7.12. The highest BCUT2D eigenvalue weighted by molar-refractivity contribution is 4.74. The molecule has 0 bridgehead atoms. The van der Waals surface area contributed by atoms with E-state index in [-0.39, 0.29) is 11.8 Å². The van der Waals surface area contributed by atoms with Crippen molar-refractivity contribution in [1.82, 2.24) is 10.2 Å². The molecule has 98 valence electrons. The molecule has 16 heavy (non-hydrogen) atoms. The lowest BCUT2D eigenvalue weighted by Crippen LogP contribution is -2.38. The first kappa shape index (κ1) is 15.7. The minimum Gasteiger partial charge on any atom is -0.316 e. The summed E-state index contributed by atoms with van der Waals surface area (Å²) in [6.45, 7) is 6.28. The van der Waals surface area contributed by atoms with Crippen molar-refractivity contribution in [2.45, 2.75) is 32.9 Å². The SMILES string of the molecule is CN(C)CC(C)(C)CNCCCC(F)(F)F. The van der Waals surface area contributed by atoms with Crippen LogP contribution in [-0.2, 0) is 0 Å². The van der Waals surface area contributed by atoms with Gasteiger partial charge in [0, 0.05) is 19.5 Å². The molecular formula is C11H23F3N2. The molecule has 0 aliphatic carbocycles. The lowest BCUT2D eigenvalue weighted by Gasteiger charge is -2.28. The summed E-state index contributed by atoms with van der Waals surface area (Å²) < 4.78 is 35.6. The molecule has 2 nitrogen and oxygen atoms in total. The summed E-state index contributed by atoms with van der Waals surface area (Å²) in [6.07, 6.45) is -4.57. The van der Waals surface area contributed by atoms with E-state index >= 15 is 0 Å². The zero-order valence-corrected chi connectivity index (χ0v) is 10.6. The number of nitrogens with zero attached hydrogens (tertiary/aromatic N) is 1. The Morgan fingerprint density at radius 2 is 1.69 bits per heavy atom. The second kappa shape index (κ2) is 6.45. The van der Waals surface area contributed by atoms with Gasteiger partial charge in [0.2, 0.25) is 0 Å². The van der Waals surface area contributed by atoms with Crippen LogP contribution in [0.4, 0.5) is 13.2 Å². The molecule has 5 heteroatoms. The highest BCUT2D eigenvalue weighted by atomic mass is 19.4. The molecule has 0 saturated carbocycles. The number of alkyl halides is 3. The topological polar surface area (TPSA) is 15.3 Å². The van der Waals surface area contributed by atoms with E-state index in [1.807, 2.05) is 14.1 Å². The molecule has 0 heterocycles. The Hall–Kier alpha value is -0.290. The Bertz CT molecular complexity index is 188. The molecule has 0 fully saturated rings. The lowest BCUT2D eigenvalue weighted by atomic mass is 9.93. The number of hydrogen-bond donors (Lipinski definition) is 1. The highest BCUT2D eigenvalue weighted by Gasteiger charge is 2.26.